The zero-order chi connectivity index (χ0) is 17.2. The highest BCUT2D eigenvalue weighted by molar-refractivity contribution is 7.87. The lowest BCUT2D eigenvalue weighted by Crippen LogP contribution is -2.46. The van der Waals surface area contributed by atoms with Crippen molar-refractivity contribution in [3.63, 3.8) is 0 Å². The molecule has 1 aliphatic rings. The number of nitrogens with one attached hydrogen (secondary N) is 1. The minimum atomic E-state index is -3.92. The molecule has 3 rings (SSSR count). The van der Waals surface area contributed by atoms with Crippen molar-refractivity contribution < 1.29 is 17.4 Å². The fourth-order valence-electron chi connectivity index (χ4n) is 2.48. The van der Waals surface area contributed by atoms with Crippen LogP contribution in [0.3, 0.4) is 0 Å². The Balaban J connectivity index is 1.82. The lowest BCUT2D eigenvalue weighted by atomic mass is 10.2. The molecule has 2 aromatic carbocycles. The molecule has 0 bridgehead atoms. The number of para-hydroxylation sites is 1. The minimum Gasteiger partial charge on any atom is -0.379 e. The number of aryl methyl sites for hydroxylation is 1. The standard InChI is InChI=1S/C17H18N2O4S/c1-13-5-2-3-6-16(13)23-24(21,22)15-9-7-14(8-10-15)19-12-4-11-18-17(19)20/h2-3,5-10H,4,11-12H2,1H3,(H,18,20). The number of amides is 2. The summed E-state index contributed by atoms with van der Waals surface area (Å²) in [6, 6.07) is 12.9. The molecule has 6 nitrogen and oxygen atoms in total. The number of carbonyl (C=O) groups is 1. The summed E-state index contributed by atoms with van der Waals surface area (Å²) in [5, 5.41) is 2.76. The Kier molecular flexibility index (Phi) is 4.44. The van der Waals surface area contributed by atoms with Crippen LogP contribution in [-0.4, -0.2) is 27.5 Å². The van der Waals surface area contributed by atoms with Gasteiger partial charge in [-0.05, 0) is 49.2 Å². The van der Waals surface area contributed by atoms with E-state index in [4.69, 9.17) is 4.18 Å². The molecule has 1 fully saturated rings. The lowest BCUT2D eigenvalue weighted by Gasteiger charge is -2.27. The Morgan fingerprint density at radius 1 is 1.08 bits per heavy atom. The maximum absolute atomic E-state index is 12.4. The molecule has 2 aromatic rings. The predicted molar refractivity (Wildman–Crippen MR) is 90.8 cm³/mol. The third-order valence-corrected chi connectivity index (χ3v) is 5.06. The second kappa shape index (κ2) is 6.52. The smallest absolute Gasteiger partial charge is 0.339 e. The lowest BCUT2D eigenvalue weighted by molar-refractivity contribution is 0.243. The van der Waals surface area contributed by atoms with E-state index in [9.17, 15) is 13.2 Å². The molecule has 0 aromatic heterocycles. The first-order chi connectivity index (χ1) is 11.5. The van der Waals surface area contributed by atoms with Gasteiger partial charge in [0.1, 0.15) is 10.6 Å². The first kappa shape index (κ1) is 16.3. The molecule has 7 heteroatoms. The van der Waals surface area contributed by atoms with E-state index >= 15 is 0 Å². The zero-order valence-corrected chi connectivity index (χ0v) is 14.0. The maximum atomic E-state index is 12.4. The van der Waals surface area contributed by atoms with E-state index in [1.165, 1.54) is 12.1 Å². The molecule has 0 saturated carbocycles. The fraction of sp³-hybridized carbons (Fsp3) is 0.235. The van der Waals surface area contributed by atoms with Crippen LogP contribution in [0, 0.1) is 6.92 Å². The molecule has 0 atom stereocenters. The summed E-state index contributed by atoms with van der Waals surface area (Å²) in [5.41, 5.74) is 1.39. The normalized spacial score (nSPS) is 15.0. The molecule has 0 radical (unpaired) electrons. The van der Waals surface area contributed by atoms with Gasteiger partial charge in [0.05, 0.1) is 0 Å². The average Bonchev–Trinajstić information content (AvgIpc) is 2.57. The van der Waals surface area contributed by atoms with Gasteiger partial charge in [-0.15, -0.1) is 0 Å². The van der Waals surface area contributed by atoms with Crippen LogP contribution in [0.2, 0.25) is 0 Å². The van der Waals surface area contributed by atoms with Crippen LogP contribution >= 0.6 is 0 Å². The van der Waals surface area contributed by atoms with E-state index in [-0.39, 0.29) is 10.9 Å². The van der Waals surface area contributed by atoms with Crippen LogP contribution in [0.1, 0.15) is 12.0 Å². The van der Waals surface area contributed by atoms with Gasteiger partial charge in [-0.3, -0.25) is 4.90 Å². The number of urea groups is 1. The molecule has 1 heterocycles. The van der Waals surface area contributed by atoms with Gasteiger partial charge in [-0.2, -0.15) is 8.42 Å². The Labute approximate surface area is 141 Å². The minimum absolute atomic E-state index is 0.0481. The molecule has 2 amide bonds. The SMILES string of the molecule is Cc1ccccc1OS(=O)(=O)c1ccc(N2CCCNC2=O)cc1. The van der Waals surface area contributed by atoms with Crippen LogP contribution in [0.4, 0.5) is 10.5 Å². The highest BCUT2D eigenvalue weighted by atomic mass is 32.2. The highest BCUT2D eigenvalue weighted by Gasteiger charge is 2.21. The third kappa shape index (κ3) is 3.35. The first-order valence-corrected chi connectivity index (χ1v) is 9.04. The van der Waals surface area contributed by atoms with Crippen LogP contribution in [0.25, 0.3) is 0 Å². The molecule has 24 heavy (non-hydrogen) atoms. The fourth-order valence-corrected chi connectivity index (χ4v) is 3.47. The number of hydrogen-bond donors (Lipinski definition) is 1. The quantitative estimate of drug-likeness (QED) is 0.864. The number of hydrogen-bond acceptors (Lipinski definition) is 4. The van der Waals surface area contributed by atoms with Gasteiger partial charge < -0.3 is 9.50 Å². The van der Waals surface area contributed by atoms with Crippen molar-refractivity contribution in [3.8, 4) is 5.75 Å². The van der Waals surface area contributed by atoms with Crippen molar-refractivity contribution in [2.45, 2.75) is 18.2 Å². The van der Waals surface area contributed by atoms with Gasteiger partial charge in [-0.25, -0.2) is 4.79 Å². The van der Waals surface area contributed by atoms with Crippen molar-refractivity contribution in [2.24, 2.45) is 0 Å². The van der Waals surface area contributed by atoms with E-state index in [2.05, 4.69) is 5.32 Å². The van der Waals surface area contributed by atoms with Crippen molar-refractivity contribution in [3.05, 3.63) is 54.1 Å². The van der Waals surface area contributed by atoms with Gasteiger partial charge in [0, 0.05) is 18.8 Å². The third-order valence-electron chi connectivity index (χ3n) is 3.81. The first-order valence-electron chi connectivity index (χ1n) is 7.63. The topological polar surface area (TPSA) is 75.7 Å². The summed E-state index contributed by atoms with van der Waals surface area (Å²) in [4.78, 5) is 13.5. The summed E-state index contributed by atoms with van der Waals surface area (Å²) < 4.78 is 30.0. The molecule has 0 aliphatic carbocycles. The monoisotopic (exact) mass is 346 g/mol. The summed E-state index contributed by atoms with van der Waals surface area (Å²) in [6.07, 6.45) is 0.849. The Bertz CT molecular complexity index is 847. The average molecular weight is 346 g/mol. The predicted octanol–water partition coefficient (Wildman–Crippen LogP) is 2.68. The number of anilines is 1. The molecule has 0 spiro atoms. The molecule has 1 saturated heterocycles. The van der Waals surface area contributed by atoms with Crippen molar-refractivity contribution >= 4 is 21.8 Å². The molecular formula is C17H18N2O4S. The number of benzene rings is 2. The molecule has 126 valence electrons. The van der Waals surface area contributed by atoms with E-state index in [0.29, 0.717) is 24.5 Å². The second-order valence-corrected chi connectivity index (χ2v) is 7.08. The summed E-state index contributed by atoms with van der Waals surface area (Å²) >= 11 is 0. The van der Waals surface area contributed by atoms with E-state index in [1.807, 2.05) is 6.07 Å². The molecule has 1 N–H and O–H groups in total. The second-order valence-electron chi connectivity index (χ2n) is 5.53. The summed E-state index contributed by atoms with van der Waals surface area (Å²) in [6.45, 7) is 3.05. The van der Waals surface area contributed by atoms with E-state index < -0.39 is 10.1 Å². The van der Waals surface area contributed by atoms with Gasteiger partial charge >= 0.3 is 16.1 Å². The van der Waals surface area contributed by atoms with Crippen LogP contribution in [0.5, 0.6) is 5.75 Å². The molecule has 0 unspecified atom stereocenters. The van der Waals surface area contributed by atoms with E-state index in [1.54, 1.807) is 42.2 Å². The highest BCUT2D eigenvalue weighted by Crippen LogP contribution is 2.24. The molecule has 1 aliphatic heterocycles. The Morgan fingerprint density at radius 3 is 2.46 bits per heavy atom. The van der Waals surface area contributed by atoms with Crippen LogP contribution < -0.4 is 14.4 Å². The largest absolute Gasteiger partial charge is 0.379 e. The van der Waals surface area contributed by atoms with Gasteiger partial charge in [-0.1, -0.05) is 18.2 Å². The maximum Gasteiger partial charge on any atom is 0.339 e. The van der Waals surface area contributed by atoms with Crippen molar-refractivity contribution in [1.82, 2.24) is 5.32 Å². The van der Waals surface area contributed by atoms with E-state index in [0.717, 1.165) is 12.0 Å². The number of nitrogens with zero attached hydrogens (tertiary/aromatic N) is 1. The van der Waals surface area contributed by atoms with Gasteiger partial charge in [0.15, 0.2) is 0 Å². The van der Waals surface area contributed by atoms with Gasteiger partial charge in [0.2, 0.25) is 0 Å². The van der Waals surface area contributed by atoms with Gasteiger partial charge in [0.25, 0.3) is 0 Å². The Morgan fingerprint density at radius 2 is 1.79 bits per heavy atom. The van der Waals surface area contributed by atoms with Crippen LogP contribution in [-0.2, 0) is 10.1 Å². The van der Waals surface area contributed by atoms with Crippen molar-refractivity contribution in [1.29, 1.82) is 0 Å². The summed E-state index contributed by atoms with van der Waals surface area (Å²) in [5.74, 6) is 0.303. The molecular weight excluding hydrogens is 328 g/mol. The van der Waals surface area contributed by atoms with Crippen molar-refractivity contribution in [2.75, 3.05) is 18.0 Å². The zero-order valence-electron chi connectivity index (χ0n) is 13.2. The number of carbonyl (C=O) groups excluding carboxylic acids is 1. The van der Waals surface area contributed by atoms with Crippen LogP contribution in [0.15, 0.2) is 53.4 Å². The number of rotatable bonds is 4. The Hall–Kier alpha value is -2.54. The summed E-state index contributed by atoms with van der Waals surface area (Å²) in [7, 11) is -3.92.